The first-order valence-corrected chi connectivity index (χ1v) is 7.24. The molecule has 1 rings (SSSR count). The van der Waals surface area contributed by atoms with Gasteiger partial charge in [-0.2, -0.15) is 0 Å². The Morgan fingerprint density at radius 1 is 1.29 bits per heavy atom. The summed E-state index contributed by atoms with van der Waals surface area (Å²) >= 11 is 0. The maximum Gasteiger partial charge on any atom is 0.315 e. The predicted molar refractivity (Wildman–Crippen MR) is 78.9 cm³/mol. The number of amides is 1. The summed E-state index contributed by atoms with van der Waals surface area (Å²) in [5.74, 6) is 0.622. The molecule has 0 aromatic carbocycles. The van der Waals surface area contributed by atoms with Gasteiger partial charge in [0, 0.05) is 39.7 Å². The molecule has 0 radical (unpaired) electrons. The fourth-order valence-electron chi connectivity index (χ4n) is 1.78. The van der Waals surface area contributed by atoms with Gasteiger partial charge in [0.1, 0.15) is 0 Å². The van der Waals surface area contributed by atoms with Gasteiger partial charge in [0.2, 0.25) is 11.8 Å². The summed E-state index contributed by atoms with van der Waals surface area (Å²) in [5, 5.41) is 13.8. The van der Waals surface area contributed by atoms with E-state index in [1.165, 1.54) is 0 Å². The lowest BCUT2D eigenvalue weighted by Crippen LogP contribution is -2.31. The molecule has 0 aliphatic heterocycles. The van der Waals surface area contributed by atoms with Crippen LogP contribution in [0.3, 0.4) is 0 Å². The van der Waals surface area contributed by atoms with Gasteiger partial charge in [0.25, 0.3) is 0 Å². The van der Waals surface area contributed by atoms with Crippen molar-refractivity contribution in [2.75, 3.05) is 45.2 Å². The Hall–Kier alpha value is -1.67. The van der Waals surface area contributed by atoms with E-state index in [4.69, 9.17) is 9.15 Å². The van der Waals surface area contributed by atoms with Gasteiger partial charge in [-0.3, -0.25) is 4.79 Å². The van der Waals surface area contributed by atoms with E-state index < -0.39 is 0 Å². The lowest BCUT2D eigenvalue weighted by Gasteiger charge is -2.18. The van der Waals surface area contributed by atoms with Gasteiger partial charge in [-0.15, -0.1) is 5.10 Å². The minimum Gasteiger partial charge on any atom is -0.407 e. The van der Waals surface area contributed by atoms with Gasteiger partial charge < -0.3 is 24.7 Å². The van der Waals surface area contributed by atoms with E-state index in [9.17, 15) is 4.79 Å². The van der Waals surface area contributed by atoms with Crippen molar-refractivity contribution in [1.29, 1.82) is 0 Å². The van der Waals surface area contributed by atoms with E-state index >= 15 is 0 Å². The molecule has 0 aliphatic rings. The number of nitrogens with one attached hydrogen (secondary N) is 2. The van der Waals surface area contributed by atoms with E-state index in [1.807, 2.05) is 13.8 Å². The van der Waals surface area contributed by atoms with Crippen LogP contribution in [0, 0.1) is 0 Å². The topological polar surface area (TPSA) is 92.5 Å². The van der Waals surface area contributed by atoms with E-state index in [0.717, 1.165) is 19.6 Å². The number of hydrogen-bond acceptors (Lipinski definition) is 7. The number of carbonyl (C=O) groups is 1. The van der Waals surface area contributed by atoms with Gasteiger partial charge in [-0.25, -0.2) is 0 Å². The van der Waals surface area contributed by atoms with Crippen LogP contribution in [0.25, 0.3) is 0 Å². The van der Waals surface area contributed by atoms with Crippen molar-refractivity contribution in [2.24, 2.45) is 0 Å². The molecule has 0 saturated heterocycles. The zero-order chi connectivity index (χ0) is 15.5. The van der Waals surface area contributed by atoms with Crippen molar-refractivity contribution in [2.45, 2.75) is 26.8 Å². The Bertz CT molecular complexity index is 406. The molecule has 0 aliphatic carbocycles. The Morgan fingerprint density at radius 2 is 2.05 bits per heavy atom. The minimum atomic E-state index is 0.119. The third kappa shape index (κ3) is 6.54. The van der Waals surface area contributed by atoms with Gasteiger partial charge in [-0.05, 0) is 13.8 Å². The van der Waals surface area contributed by atoms with Crippen molar-refractivity contribution in [3.63, 3.8) is 0 Å². The van der Waals surface area contributed by atoms with Crippen molar-refractivity contribution in [3.05, 3.63) is 5.89 Å². The summed E-state index contributed by atoms with van der Waals surface area (Å²) in [6, 6.07) is 0.339. The monoisotopic (exact) mass is 299 g/mol. The highest BCUT2D eigenvalue weighted by Crippen LogP contribution is 2.05. The summed E-state index contributed by atoms with van der Waals surface area (Å²) in [6.45, 7) is 7.73. The summed E-state index contributed by atoms with van der Waals surface area (Å²) in [5.41, 5.74) is 0. The average molecular weight is 299 g/mol. The van der Waals surface area contributed by atoms with Crippen molar-refractivity contribution in [1.82, 2.24) is 20.4 Å². The molecule has 0 bridgehead atoms. The second-order valence-corrected chi connectivity index (χ2v) is 4.41. The van der Waals surface area contributed by atoms with Crippen LogP contribution in [0.1, 0.15) is 26.2 Å². The molecule has 21 heavy (non-hydrogen) atoms. The van der Waals surface area contributed by atoms with Crippen LogP contribution in [-0.4, -0.2) is 60.9 Å². The number of carbonyl (C=O) groups excluding carboxylic acids is 1. The molecule has 8 heteroatoms. The van der Waals surface area contributed by atoms with Crippen molar-refractivity contribution >= 4 is 11.9 Å². The second kappa shape index (κ2) is 10.1. The number of hydrogen-bond donors (Lipinski definition) is 2. The number of rotatable bonds is 11. The SMILES string of the molecule is CCN(CC)C(=O)CCNc1nnc(CNCCOC)o1. The normalized spacial score (nSPS) is 10.6. The lowest BCUT2D eigenvalue weighted by molar-refractivity contribution is -0.130. The molecule has 1 amide bonds. The molecular formula is C13H25N5O3. The van der Waals surface area contributed by atoms with E-state index in [-0.39, 0.29) is 5.91 Å². The van der Waals surface area contributed by atoms with Crippen LogP contribution in [0.2, 0.25) is 0 Å². The van der Waals surface area contributed by atoms with Crippen molar-refractivity contribution < 1.29 is 13.9 Å². The van der Waals surface area contributed by atoms with Crippen LogP contribution in [-0.2, 0) is 16.1 Å². The highest BCUT2D eigenvalue weighted by atomic mass is 16.5. The van der Waals surface area contributed by atoms with Crippen LogP contribution >= 0.6 is 0 Å². The molecule has 0 unspecified atom stereocenters. The van der Waals surface area contributed by atoms with Gasteiger partial charge in [0.05, 0.1) is 13.2 Å². The highest BCUT2D eigenvalue weighted by Gasteiger charge is 2.10. The molecule has 0 saturated carbocycles. The zero-order valence-corrected chi connectivity index (χ0v) is 13.0. The van der Waals surface area contributed by atoms with E-state index in [0.29, 0.717) is 38.0 Å². The number of anilines is 1. The zero-order valence-electron chi connectivity index (χ0n) is 13.0. The maximum atomic E-state index is 11.8. The summed E-state index contributed by atoms with van der Waals surface area (Å²) in [4.78, 5) is 13.6. The van der Waals surface area contributed by atoms with Crippen LogP contribution in [0.4, 0.5) is 6.01 Å². The fourth-order valence-corrected chi connectivity index (χ4v) is 1.78. The van der Waals surface area contributed by atoms with Gasteiger partial charge in [0.15, 0.2) is 0 Å². The second-order valence-electron chi connectivity index (χ2n) is 4.41. The molecule has 0 fully saturated rings. The van der Waals surface area contributed by atoms with Gasteiger partial charge >= 0.3 is 6.01 Å². The summed E-state index contributed by atoms with van der Waals surface area (Å²) in [6.07, 6.45) is 0.408. The Morgan fingerprint density at radius 3 is 2.71 bits per heavy atom. The third-order valence-corrected chi connectivity index (χ3v) is 2.96. The quantitative estimate of drug-likeness (QED) is 0.574. The predicted octanol–water partition coefficient (Wildman–Crippen LogP) is 0.476. The molecule has 1 aromatic heterocycles. The molecular weight excluding hydrogens is 274 g/mol. The molecule has 1 aromatic rings. The highest BCUT2D eigenvalue weighted by molar-refractivity contribution is 5.76. The number of ether oxygens (including phenoxy) is 1. The Labute approximate surface area is 125 Å². The van der Waals surface area contributed by atoms with E-state index in [1.54, 1.807) is 12.0 Å². The third-order valence-electron chi connectivity index (χ3n) is 2.96. The number of methoxy groups -OCH3 is 1. The molecule has 0 spiro atoms. The first-order valence-electron chi connectivity index (χ1n) is 7.24. The van der Waals surface area contributed by atoms with Crippen LogP contribution in [0.5, 0.6) is 0 Å². The first kappa shape index (κ1) is 17.4. The number of nitrogens with zero attached hydrogens (tertiary/aromatic N) is 3. The summed E-state index contributed by atoms with van der Waals surface area (Å²) < 4.78 is 10.3. The molecule has 1 heterocycles. The maximum absolute atomic E-state index is 11.8. The molecule has 0 atom stereocenters. The van der Waals surface area contributed by atoms with Crippen molar-refractivity contribution in [3.8, 4) is 0 Å². The molecule has 2 N–H and O–H groups in total. The molecule has 8 nitrogen and oxygen atoms in total. The average Bonchev–Trinajstić information content (AvgIpc) is 2.93. The number of aromatic nitrogens is 2. The van der Waals surface area contributed by atoms with Crippen LogP contribution < -0.4 is 10.6 Å². The Kier molecular flexibility index (Phi) is 8.37. The summed E-state index contributed by atoms with van der Waals surface area (Å²) in [7, 11) is 1.65. The minimum absolute atomic E-state index is 0.119. The Balaban J connectivity index is 2.24. The first-order chi connectivity index (χ1) is 10.2. The fraction of sp³-hybridized carbons (Fsp3) is 0.769. The van der Waals surface area contributed by atoms with E-state index in [2.05, 4.69) is 20.8 Å². The lowest BCUT2D eigenvalue weighted by atomic mass is 10.3. The van der Waals surface area contributed by atoms with Crippen LogP contribution in [0.15, 0.2) is 4.42 Å². The standard InChI is InChI=1S/C13H25N5O3/c1-4-18(5-2)12(19)6-7-15-13-17-16-11(21-13)10-14-8-9-20-3/h14H,4-10H2,1-3H3,(H,15,17). The molecule has 120 valence electrons. The van der Waals surface area contributed by atoms with Gasteiger partial charge in [-0.1, -0.05) is 5.10 Å². The largest absolute Gasteiger partial charge is 0.407 e. The smallest absolute Gasteiger partial charge is 0.315 e.